The maximum absolute atomic E-state index is 12.7. The van der Waals surface area contributed by atoms with Gasteiger partial charge in [-0.2, -0.15) is 4.68 Å². The van der Waals surface area contributed by atoms with E-state index in [9.17, 15) is 4.79 Å². The highest BCUT2D eigenvalue weighted by atomic mass is 35.5. The number of nitrogens with zero attached hydrogens (tertiary/aromatic N) is 6. The average Bonchev–Trinajstić information content (AvgIpc) is 3.42. The zero-order chi connectivity index (χ0) is 20.2. The molecule has 0 unspecified atom stereocenters. The van der Waals surface area contributed by atoms with Crippen LogP contribution in [-0.2, 0) is 6.54 Å². The summed E-state index contributed by atoms with van der Waals surface area (Å²) in [5.74, 6) is 1.70. The summed E-state index contributed by atoms with van der Waals surface area (Å²) in [7, 11) is 0. The van der Waals surface area contributed by atoms with Gasteiger partial charge in [0.05, 0.1) is 0 Å². The Kier molecular flexibility index (Phi) is 6.46. The second-order valence-corrected chi connectivity index (χ2v) is 8.31. The number of piperazine rings is 1. The third kappa shape index (κ3) is 4.79. The van der Waals surface area contributed by atoms with Crippen LogP contribution < -0.4 is 9.62 Å². The van der Waals surface area contributed by atoms with Crippen LogP contribution in [0.2, 0.25) is 5.15 Å². The van der Waals surface area contributed by atoms with E-state index in [4.69, 9.17) is 11.6 Å². The van der Waals surface area contributed by atoms with Gasteiger partial charge < -0.3 is 14.5 Å². The lowest BCUT2D eigenvalue weighted by molar-refractivity contribution is 0.134. The van der Waals surface area contributed by atoms with E-state index in [1.807, 2.05) is 17.2 Å². The molecular formula is C19H26ClN7OS. The van der Waals surface area contributed by atoms with Gasteiger partial charge >= 0.3 is 6.03 Å². The van der Waals surface area contributed by atoms with E-state index >= 15 is 0 Å². The molecule has 2 aromatic heterocycles. The Bertz CT molecular complexity index is 847. The largest absolute Gasteiger partial charge is 0.356 e. The molecule has 1 amide bonds. The third-order valence-electron chi connectivity index (χ3n) is 5.36. The Morgan fingerprint density at radius 2 is 1.90 bits per heavy atom. The number of carbonyl (C=O) groups excluding carboxylic acids is 1. The predicted octanol–water partition coefficient (Wildman–Crippen LogP) is 3.01. The van der Waals surface area contributed by atoms with Crippen LogP contribution in [-0.4, -0.2) is 76.1 Å². The summed E-state index contributed by atoms with van der Waals surface area (Å²) in [6.45, 7) is 5.92. The van der Waals surface area contributed by atoms with Crippen molar-refractivity contribution in [3.8, 4) is 0 Å². The summed E-state index contributed by atoms with van der Waals surface area (Å²) < 4.78 is 4.44. The lowest BCUT2D eigenvalue weighted by Crippen LogP contribution is -2.49. The normalized spacial score (nSPS) is 17.7. The third-order valence-corrected chi connectivity index (χ3v) is 5.98. The minimum absolute atomic E-state index is 0.0790. The number of hydrogen-bond donors (Lipinski definition) is 1. The summed E-state index contributed by atoms with van der Waals surface area (Å²) in [5.41, 5.74) is 1.20. The summed E-state index contributed by atoms with van der Waals surface area (Å²) in [6, 6.07) is 5.68. The Balaban J connectivity index is 1.36. The van der Waals surface area contributed by atoms with Crippen LogP contribution in [0.1, 0.15) is 18.4 Å². The fraction of sp³-hybridized carbons (Fsp3) is 0.526. The molecule has 10 heteroatoms. The Labute approximate surface area is 180 Å². The highest BCUT2D eigenvalue weighted by Crippen LogP contribution is 2.26. The molecule has 8 nitrogen and oxygen atoms in total. The maximum Gasteiger partial charge on any atom is 0.344 e. The molecular weight excluding hydrogens is 410 g/mol. The molecule has 0 aromatic carbocycles. The van der Waals surface area contributed by atoms with Crippen LogP contribution >= 0.6 is 23.5 Å². The molecule has 0 saturated carbocycles. The van der Waals surface area contributed by atoms with Crippen molar-refractivity contribution >= 4 is 41.2 Å². The van der Waals surface area contributed by atoms with Crippen LogP contribution in [0.5, 0.6) is 0 Å². The van der Waals surface area contributed by atoms with Crippen molar-refractivity contribution in [1.29, 1.82) is 0 Å². The van der Waals surface area contributed by atoms with E-state index < -0.39 is 0 Å². The van der Waals surface area contributed by atoms with Gasteiger partial charge in [0.15, 0.2) is 5.82 Å². The number of carbonyl (C=O) groups is 1. The Hall–Kier alpha value is -1.97. The zero-order valence-corrected chi connectivity index (χ0v) is 18.1. The van der Waals surface area contributed by atoms with Crippen LogP contribution in [0.25, 0.3) is 0 Å². The molecule has 2 fully saturated rings. The van der Waals surface area contributed by atoms with E-state index in [0.717, 1.165) is 38.5 Å². The fourth-order valence-electron chi connectivity index (χ4n) is 3.85. The van der Waals surface area contributed by atoms with Gasteiger partial charge in [-0.3, -0.25) is 4.90 Å². The van der Waals surface area contributed by atoms with Crippen molar-refractivity contribution in [2.75, 3.05) is 55.1 Å². The molecule has 0 spiro atoms. The molecule has 2 saturated heterocycles. The van der Waals surface area contributed by atoms with Crippen molar-refractivity contribution in [2.24, 2.45) is 0 Å². The van der Waals surface area contributed by atoms with Crippen molar-refractivity contribution in [2.45, 2.75) is 19.4 Å². The van der Waals surface area contributed by atoms with Gasteiger partial charge in [-0.1, -0.05) is 29.6 Å². The summed E-state index contributed by atoms with van der Waals surface area (Å²) in [6.07, 6.45) is 6.03. The second-order valence-electron chi connectivity index (χ2n) is 7.31. The van der Waals surface area contributed by atoms with Crippen molar-refractivity contribution in [1.82, 2.24) is 24.6 Å². The van der Waals surface area contributed by atoms with Gasteiger partial charge in [0, 0.05) is 69.9 Å². The highest BCUT2D eigenvalue weighted by molar-refractivity contribution is 7.99. The number of aromatic nitrogens is 3. The summed E-state index contributed by atoms with van der Waals surface area (Å²) in [4.78, 5) is 23.9. The van der Waals surface area contributed by atoms with E-state index in [2.05, 4.69) is 30.7 Å². The summed E-state index contributed by atoms with van der Waals surface area (Å²) >= 11 is 7.62. The molecule has 2 aromatic rings. The number of nitrogens with one attached hydrogen (secondary N) is 1. The van der Waals surface area contributed by atoms with E-state index in [-0.39, 0.29) is 6.03 Å². The number of halogens is 1. The molecule has 1 N–H and O–H groups in total. The quantitative estimate of drug-likeness (QED) is 0.571. The van der Waals surface area contributed by atoms with Gasteiger partial charge in [0.25, 0.3) is 0 Å². The maximum atomic E-state index is 12.7. The molecule has 0 radical (unpaired) electrons. The van der Waals surface area contributed by atoms with Crippen molar-refractivity contribution in [3.63, 3.8) is 0 Å². The number of amides is 1. The number of hydrogen-bond acceptors (Lipinski definition) is 7. The van der Waals surface area contributed by atoms with Crippen molar-refractivity contribution in [3.05, 3.63) is 35.1 Å². The van der Waals surface area contributed by atoms with Gasteiger partial charge in [0.2, 0.25) is 0 Å². The average molecular weight is 436 g/mol. The first-order valence-electron chi connectivity index (χ1n) is 9.91. The van der Waals surface area contributed by atoms with Gasteiger partial charge in [-0.15, -0.1) is 5.10 Å². The highest BCUT2D eigenvalue weighted by Gasteiger charge is 2.25. The molecule has 0 aliphatic carbocycles. The van der Waals surface area contributed by atoms with E-state index in [1.54, 1.807) is 12.3 Å². The smallest absolute Gasteiger partial charge is 0.344 e. The molecule has 156 valence electrons. The molecule has 4 heterocycles. The van der Waals surface area contributed by atoms with Crippen LogP contribution in [0.15, 0.2) is 24.4 Å². The summed E-state index contributed by atoms with van der Waals surface area (Å²) in [5, 5.41) is 4.82. The number of anilines is 2. The Morgan fingerprint density at radius 1 is 1.14 bits per heavy atom. The molecule has 29 heavy (non-hydrogen) atoms. The molecule has 2 aliphatic heterocycles. The standard InChI is InChI=1S/C19H26ClN7OS/c1-29-23-17-6-9-27(22-17)19(28)26-12-10-24(11-13-26)14-15-4-5-16(20)21-18(15)25-7-2-3-8-25/h4-6,9H,2-3,7-8,10-14H2,1H3,(H,22,23). The minimum atomic E-state index is -0.0790. The second kappa shape index (κ2) is 9.23. The fourth-order valence-corrected chi connectivity index (χ4v) is 4.31. The Morgan fingerprint density at radius 3 is 2.62 bits per heavy atom. The molecule has 2 aliphatic rings. The van der Waals surface area contributed by atoms with E-state index in [1.165, 1.54) is 35.0 Å². The van der Waals surface area contributed by atoms with Gasteiger partial charge in [-0.05, 0) is 18.9 Å². The zero-order valence-electron chi connectivity index (χ0n) is 16.6. The first kappa shape index (κ1) is 20.3. The number of pyridine rings is 1. The molecule has 0 atom stereocenters. The van der Waals surface area contributed by atoms with Gasteiger partial charge in [0.1, 0.15) is 11.0 Å². The lowest BCUT2D eigenvalue weighted by Gasteiger charge is -2.35. The first-order chi connectivity index (χ1) is 14.1. The monoisotopic (exact) mass is 435 g/mol. The van der Waals surface area contributed by atoms with Crippen LogP contribution in [0.3, 0.4) is 0 Å². The first-order valence-corrected chi connectivity index (χ1v) is 11.5. The van der Waals surface area contributed by atoms with E-state index in [0.29, 0.717) is 24.1 Å². The van der Waals surface area contributed by atoms with Gasteiger partial charge in [-0.25, -0.2) is 9.78 Å². The van der Waals surface area contributed by atoms with Crippen LogP contribution in [0, 0.1) is 0 Å². The van der Waals surface area contributed by atoms with Crippen LogP contribution in [0.4, 0.5) is 16.4 Å². The van der Waals surface area contributed by atoms with Crippen molar-refractivity contribution < 1.29 is 4.79 Å². The molecule has 0 bridgehead atoms. The molecule has 4 rings (SSSR count). The topological polar surface area (TPSA) is 69.5 Å². The minimum Gasteiger partial charge on any atom is -0.356 e. The SMILES string of the molecule is CSNc1ccn(C(=O)N2CCN(Cc3ccc(Cl)nc3N3CCCC3)CC2)n1. The predicted molar refractivity (Wildman–Crippen MR) is 118 cm³/mol. The lowest BCUT2D eigenvalue weighted by atomic mass is 10.2. The number of rotatable bonds is 5.